The summed E-state index contributed by atoms with van der Waals surface area (Å²) in [5.41, 5.74) is 0. The van der Waals surface area contributed by atoms with Crippen molar-refractivity contribution in [2.75, 3.05) is 0 Å². The third-order valence-corrected chi connectivity index (χ3v) is 2.41. The molecule has 0 aliphatic heterocycles. The SMILES string of the molecule is CCCC(O)CC=COC=CCC(O)CCC. The van der Waals surface area contributed by atoms with Gasteiger partial charge in [-0.25, -0.2) is 0 Å². The zero-order chi connectivity index (χ0) is 12.9. The molecule has 0 aromatic carbocycles. The van der Waals surface area contributed by atoms with Crippen LogP contribution in [-0.4, -0.2) is 22.4 Å². The van der Waals surface area contributed by atoms with Gasteiger partial charge in [0.1, 0.15) is 0 Å². The predicted octanol–water partition coefficient (Wildman–Crippen LogP) is 3.13. The first-order chi connectivity index (χ1) is 8.20. The van der Waals surface area contributed by atoms with E-state index in [1.807, 2.05) is 26.0 Å². The van der Waals surface area contributed by atoms with Crippen LogP contribution in [0.15, 0.2) is 24.7 Å². The van der Waals surface area contributed by atoms with E-state index in [1.54, 1.807) is 12.5 Å². The molecule has 3 nitrogen and oxygen atoms in total. The molecular weight excluding hydrogens is 216 g/mol. The van der Waals surface area contributed by atoms with E-state index < -0.39 is 0 Å². The fourth-order valence-corrected chi connectivity index (χ4v) is 1.48. The van der Waals surface area contributed by atoms with E-state index in [4.69, 9.17) is 4.74 Å². The largest absolute Gasteiger partial charge is 0.473 e. The highest BCUT2D eigenvalue weighted by atomic mass is 16.5. The number of ether oxygens (including phenoxy) is 1. The normalized spacial score (nSPS) is 15.5. The molecule has 0 saturated carbocycles. The third kappa shape index (κ3) is 11.5. The van der Waals surface area contributed by atoms with Gasteiger partial charge in [0.15, 0.2) is 0 Å². The maximum atomic E-state index is 9.43. The second-order valence-corrected chi connectivity index (χ2v) is 4.24. The van der Waals surface area contributed by atoms with Crippen LogP contribution < -0.4 is 0 Å². The molecule has 0 rings (SSSR count). The van der Waals surface area contributed by atoms with Crippen molar-refractivity contribution >= 4 is 0 Å². The molecule has 0 bridgehead atoms. The summed E-state index contributed by atoms with van der Waals surface area (Å²) in [5, 5.41) is 18.9. The Bertz CT molecular complexity index is 190. The average molecular weight is 242 g/mol. The van der Waals surface area contributed by atoms with Crippen LogP contribution in [0.25, 0.3) is 0 Å². The van der Waals surface area contributed by atoms with Crippen LogP contribution in [0.3, 0.4) is 0 Å². The average Bonchev–Trinajstić information content (AvgIpc) is 2.28. The summed E-state index contributed by atoms with van der Waals surface area (Å²) in [5.74, 6) is 0. The standard InChI is InChI=1S/C14H26O3/c1-3-7-13(15)9-5-11-17-12-6-10-14(16)8-4-2/h5-6,11-16H,3-4,7-10H2,1-2H3. The molecular formula is C14H26O3. The number of rotatable bonds is 10. The highest BCUT2D eigenvalue weighted by Crippen LogP contribution is 2.03. The molecule has 0 amide bonds. The van der Waals surface area contributed by atoms with Gasteiger partial charge >= 0.3 is 0 Å². The second kappa shape index (κ2) is 11.7. The van der Waals surface area contributed by atoms with Gasteiger partial charge in [-0.2, -0.15) is 0 Å². The van der Waals surface area contributed by atoms with Gasteiger partial charge in [0.2, 0.25) is 0 Å². The Labute approximate surface area is 105 Å². The maximum absolute atomic E-state index is 9.43. The molecule has 3 heteroatoms. The lowest BCUT2D eigenvalue weighted by Crippen LogP contribution is -2.03. The van der Waals surface area contributed by atoms with E-state index in [9.17, 15) is 10.2 Å². The highest BCUT2D eigenvalue weighted by Gasteiger charge is 1.98. The van der Waals surface area contributed by atoms with Crippen molar-refractivity contribution in [3.63, 3.8) is 0 Å². The van der Waals surface area contributed by atoms with E-state index in [2.05, 4.69) is 0 Å². The minimum atomic E-state index is -0.268. The maximum Gasteiger partial charge on any atom is 0.0862 e. The van der Waals surface area contributed by atoms with Crippen molar-refractivity contribution in [3.8, 4) is 0 Å². The summed E-state index contributed by atoms with van der Waals surface area (Å²) in [6, 6.07) is 0. The van der Waals surface area contributed by atoms with E-state index in [-0.39, 0.29) is 12.2 Å². The van der Waals surface area contributed by atoms with Gasteiger partial charge in [0.05, 0.1) is 24.7 Å². The van der Waals surface area contributed by atoms with Crippen LogP contribution in [-0.2, 0) is 4.74 Å². The Kier molecular flexibility index (Phi) is 11.1. The first kappa shape index (κ1) is 16.2. The zero-order valence-corrected chi connectivity index (χ0v) is 11.0. The molecule has 2 N–H and O–H groups in total. The summed E-state index contributed by atoms with van der Waals surface area (Å²) in [6.07, 6.45) is 11.1. The summed E-state index contributed by atoms with van der Waals surface area (Å²) in [6.45, 7) is 4.10. The molecule has 0 aromatic heterocycles. The van der Waals surface area contributed by atoms with Crippen LogP contribution in [0, 0.1) is 0 Å². The molecule has 0 spiro atoms. The lowest BCUT2D eigenvalue weighted by atomic mass is 10.1. The van der Waals surface area contributed by atoms with Crippen molar-refractivity contribution in [2.24, 2.45) is 0 Å². The van der Waals surface area contributed by atoms with Crippen LogP contribution in [0.1, 0.15) is 52.4 Å². The molecule has 0 fully saturated rings. The molecule has 0 saturated heterocycles. The highest BCUT2D eigenvalue weighted by molar-refractivity contribution is 4.83. The van der Waals surface area contributed by atoms with Crippen molar-refractivity contribution in [2.45, 2.75) is 64.6 Å². The lowest BCUT2D eigenvalue weighted by molar-refractivity contribution is 0.165. The van der Waals surface area contributed by atoms with Crippen molar-refractivity contribution < 1.29 is 14.9 Å². The fourth-order valence-electron chi connectivity index (χ4n) is 1.48. The van der Waals surface area contributed by atoms with E-state index in [0.29, 0.717) is 12.8 Å². The van der Waals surface area contributed by atoms with Gasteiger partial charge < -0.3 is 14.9 Å². The van der Waals surface area contributed by atoms with E-state index >= 15 is 0 Å². The van der Waals surface area contributed by atoms with Gasteiger partial charge in [-0.3, -0.25) is 0 Å². The molecule has 0 aliphatic carbocycles. The third-order valence-electron chi connectivity index (χ3n) is 2.41. The topological polar surface area (TPSA) is 49.7 Å². The molecule has 2 atom stereocenters. The van der Waals surface area contributed by atoms with Crippen LogP contribution in [0.2, 0.25) is 0 Å². The molecule has 0 aliphatic rings. The molecule has 2 unspecified atom stereocenters. The molecule has 17 heavy (non-hydrogen) atoms. The van der Waals surface area contributed by atoms with Crippen molar-refractivity contribution in [1.82, 2.24) is 0 Å². The van der Waals surface area contributed by atoms with Crippen LogP contribution >= 0.6 is 0 Å². The minimum Gasteiger partial charge on any atom is -0.473 e. The van der Waals surface area contributed by atoms with Crippen LogP contribution in [0.4, 0.5) is 0 Å². The Balaban J connectivity index is 3.48. The Morgan fingerprint density at radius 1 is 0.882 bits per heavy atom. The minimum absolute atomic E-state index is 0.268. The second-order valence-electron chi connectivity index (χ2n) is 4.24. The Hall–Kier alpha value is -0.800. The Morgan fingerprint density at radius 2 is 1.29 bits per heavy atom. The van der Waals surface area contributed by atoms with E-state index in [0.717, 1.165) is 25.7 Å². The summed E-state index contributed by atoms with van der Waals surface area (Å²) in [7, 11) is 0. The zero-order valence-electron chi connectivity index (χ0n) is 11.0. The summed E-state index contributed by atoms with van der Waals surface area (Å²) in [4.78, 5) is 0. The first-order valence-electron chi connectivity index (χ1n) is 6.52. The number of hydrogen-bond acceptors (Lipinski definition) is 3. The van der Waals surface area contributed by atoms with Gasteiger partial charge in [-0.1, -0.05) is 26.7 Å². The summed E-state index contributed by atoms with van der Waals surface area (Å²) >= 11 is 0. The quantitative estimate of drug-likeness (QED) is 0.579. The number of hydrogen-bond donors (Lipinski definition) is 2. The van der Waals surface area contributed by atoms with Gasteiger partial charge in [0, 0.05) is 0 Å². The van der Waals surface area contributed by atoms with Crippen molar-refractivity contribution in [1.29, 1.82) is 0 Å². The number of aliphatic hydroxyl groups is 2. The molecule has 100 valence electrons. The van der Waals surface area contributed by atoms with Gasteiger partial charge in [0.25, 0.3) is 0 Å². The fraction of sp³-hybridized carbons (Fsp3) is 0.714. The van der Waals surface area contributed by atoms with Crippen LogP contribution in [0.5, 0.6) is 0 Å². The molecule has 0 radical (unpaired) electrons. The number of aliphatic hydroxyl groups excluding tert-OH is 2. The predicted molar refractivity (Wildman–Crippen MR) is 70.4 cm³/mol. The monoisotopic (exact) mass is 242 g/mol. The molecule has 0 heterocycles. The van der Waals surface area contributed by atoms with Crippen molar-refractivity contribution in [3.05, 3.63) is 24.7 Å². The molecule has 0 aromatic rings. The lowest BCUT2D eigenvalue weighted by Gasteiger charge is -2.04. The van der Waals surface area contributed by atoms with Gasteiger partial charge in [-0.15, -0.1) is 0 Å². The smallest absolute Gasteiger partial charge is 0.0862 e. The van der Waals surface area contributed by atoms with E-state index in [1.165, 1.54) is 0 Å². The summed E-state index contributed by atoms with van der Waals surface area (Å²) < 4.78 is 5.11. The Morgan fingerprint density at radius 3 is 1.65 bits per heavy atom. The van der Waals surface area contributed by atoms with Gasteiger partial charge in [-0.05, 0) is 37.8 Å². The first-order valence-corrected chi connectivity index (χ1v) is 6.52.